The number of esters is 1. The summed E-state index contributed by atoms with van der Waals surface area (Å²) in [6.45, 7) is 3.33. The molecule has 0 aliphatic rings. The second kappa shape index (κ2) is 7.47. The van der Waals surface area contributed by atoms with Crippen LogP contribution >= 0.6 is 11.3 Å². The Hall–Kier alpha value is -2.68. The number of anilines is 1. The van der Waals surface area contributed by atoms with Crippen LogP contribution in [0.2, 0.25) is 0 Å². The maximum Gasteiger partial charge on any atom is 0.348 e. The fourth-order valence-corrected chi connectivity index (χ4v) is 3.28. The van der Waals surface area contributed by atoms with Crippen LogP contribution in [0, 0.1) is 6.92 Å². The monoisotopic (exact) mass is 365 g/mol. The van der Waals surface area contributed by atoms with E-state index < -0.39 is 35.2 Å². The number of carbonyl (C=O) groups excluding carboxylic acids is 2. The first-order valence-electron chi connectivity index (χ1n) is 7.64. The second-order valence-corrected chi connectivity index (χ2v) is 6.78. The number of aryl methyl sites for hydroxylation is 2. The van der Waals surface area contributed by atoms with Crippen LogP contribution in [0.15, 0.2) is 15.7 Å². The van der Waals surface area contributed by atoms with Crippen molar-refractivity contribution in [2.45, 2.75) is 26.7 Å². The van der Waals surface area contributed by atoms with Gasteiger partial charge in [0, 0.05) is 11.9 Å². The van der Waals surface area contributed by atoms with Crippen LogP contribution in [0.4, 0.5) is 5.82 Å². The molecule has 0 fully saturated rings. The van der Waals surface area contributed by atoms with Crippen molar-refractivity contribution in [1.82, 2.24) is 9.55 Å². The van der Waals surface area contributed by atoms with Crippen molar-refractivity contribution in [3.05, 3.63) is 47.8 Å². The minimum absolute atomic E-state index is 0.271. The van der Waals surface area contributed by atoms with Crippen molar-refractivity contribution in [3.8, 4) is 0 Å². The number of H-pyrrole nitrogens is 1. The highest BCUT2D eigenvalue weighted by molar-refractivity contribution is 7.14. The van der Waals surface area contributed by atoms with E-state index in [1.165, 1.54) is 18.4 Å². The van der Waals surface area contributed by atoms with Crippen LogP contribution in [0.5, 0.6) is 0 Å². The van der Waals surface area contributed by atoms with Gasteiger partial charge >= 0.3 is 11.7 Å². The summed E-state index contributed by atoms with van der Waals surface area (Å²) in [6.07, 6.45) is 1.82. The SMILES string of the molecule is CCCc1cc(C(=O)OCC(=O)c2c(N)n(C)c(=O)[nH]c2=O)sc1C. The molecule has 0 saturated carbocycles. The quantitative estimate of drug-likeness (QED) is 0.582. The number of aromatic amines is 1. The Balaban J connectivity index is 2.14. The molecule has 3 N–H and O–H groups in total. The third kappa shape index (κ3) is 3.87. The minimum Gasteiger partial charge on any atom is -0.453 e. The van der Waals surface area contributed by atoms with Gasteiger partial charge in [-0.1, -0.05) is 13.3 Å². The molecule has 0 radical (unpaired) electrons. The number of carbonyl (C=O) groups is 2. The lowest BCUT2D eigenvalue weighted by molar-refractivity contribution is 0.0479. The maximum atomic E-state index is 12.2. The normalized spacial score (nSPS) is 10.7. The van der Waals surface area contributed by atoms with E-state index in [1.807, 2.05) is 18.8 Å². The summed E-state index contributed by atoms with van der Waals surface area (Å²) in [5.41, 5.74) is 4.69. The standard InChI is InChI=1S/C16H19N3O5S/c1-4-5-9-6-11(25-8(9)2)15(22)24-7-10(20)12-13(17)19(3)16(23)18-14(12)21/h6H,4-5,7,17H2,1-3H3,(H,18,21,23). The Kier molecular flexibility index (Phi) is 5.58. The fourth-order valence-electron chi connectivity index (χ4n) is 2.32. The molecule has 0 bridgehead atoms. The lowest BCUT2D eigenvalue weighted by Gasteiger charge is -2.07. The van der Waals surface area contributed by atoms with Gasteiger partial charge in [-0.15, -0.1) is 11.3 Å². The van der Waals surface area contributed by atoms with Crippen LogP contribution in [-0.4, -0.2) is 27.9 Å². The van der Waals surface area contributed by atoms with Gasteiger partial charge < -0.3 is 10.5 Å². The number of ether oxygens (including phenoxy) is 1. The molecule has 134 valence electrons. The van der Waals surface area contributed by atoms with Crippen LogP contribution in [0.1, 0.15) is 43.8 Å². The van der Waals surface area contributed by atoms with Crippen LogP contribution in [-0.2, 0) is 18.2 Å². The van der Waals surface area contributed by atoms with Gasteiger partial charge in [-0.05, 0) is 25.0 Å². The average Bonchev–Trinajstić information content (AvgIpc) is 2.92. The van der Waals surface area contributed by atoms with Gasteiger partial charge in [0.1, 0.15) is 16.3 Å². The van der Waals surface area contributed by atoms with E-state index in [2.05, 4.69) is 0 Å². The number of rotatable bonds is 6. The Labute approximate surface area is 147 Å². The van der Waals surface area contributed by atoms with Crippen molar-refractivity contribution < 1.29 is 14.3 Å². The highest BCUT2D eigenvalue weighted by atomic mass is 32.1. The summed E-state index contributed by atoms with van der Waals surface area (Å²) in [7, 11) is 1.32. The number of thiophene rings is 1. The molecule has 2 rings (SSSR count). The van der Waals surface area contributed by atoms with E-state index in [-0.39, 0.29) is 5.82 Å². The van der Waals surface area contributed by atoms with E-state index in [9.17, 15) is 19.2 Å². The largest absolute Gasteiger partial charge is 0.453 e. The first kappa shape index (κ1) is 18.7. The number of Topliss-reactive ketones (excluding diaryl/α,β-unsaturated/α-hetero) is 1. The molecule has 0 aromatic carbocycles. The molecular formula is C16H19N3O5S. The number of nitrogens with zero attached hydrogens (tertiary/aromatic N) is 1. The van der Waals surface area contributed by atoms with Crippen molar-refractivity contribution >= 4 is 28.9 Å². The molecular weight excluding hydrogens is 346 g/mol. The van der Waals surface area contributed by atoms with Crippen LogP contribution < -0.4 is 17.0 Å². The van der Waals surface area contributed by atoms with E-state index in [0.29, 0.717) is 4.88 Å². The zero-order valence-electron chi connectivity index (χ0n) is 14.2. The average molecular weight is 365 g/mol. The zero-order chi connectivity index (χ0) is 18.7. The molecule has 0 unspecified atom stereocenters. The van der Waals surface area contributed by atoms with E-state index in [4.69, 9.17) is 10.5 Å². The van der Waals surface area contributed by atoms with Crippen molar-refractivity contribution in [2.75, 3.05) is 12.3 Å². The van der Waals surface area contributed by atoms with Crippen LogP contribution in [0.3, 0.4) is 0 Å². The van der Waals surface area contributed by atoms with Gasteiger partial charge in [0.25, 0.3) is 5.56 Å². The molecule has 2 aromatic heterocycles. The number of hydrogen-bond acceptors (Lipinski definition) is 7. The second-order valence-electron chi connectivity index (χ2n) is 5.52. The highest BCUT2D eigenvalue weighted by Crippen LogP contribution is 2.23. The molecule has 0 atom stereocenters. The Morgan fingerprint density at radius 1 is 1.36 bits per heavy atom. The van der Waals surface area contributed by atoms with Gasteiger partial charge in [0.05, 0.1) is 0 Å². The highest BCUT2D eigenvalue weighted by Gasteiger charge is 2.21. The molecule has 9 heteroatoms. The Morgan fingerprint density at radius 3 is 2.68 bits per heavy atom. The Morgan fingerprint density at radius 2 is 2.04 bits per heavy atom. The minimum atomic E-state index is -0.904. The first-order chi connectivity index (χ1) is 11.8. The van der Waals surface area contributed by atoms with Gasteiger partial charge in [0.2, 0.25) is 5.78 Å². The number of ketones is 1. The maximum absolute atomic E-state index is 12.2. The van der Waals surface area contributed by atoms with Gasteiger partial charge in [0.15, 0.2) is 6.61 Å². The molecule has 0 spiro atoms. The molecule has 25 heavy (non-hydrogen) atoms. The van der Waals surface area contributed by atoms with Gasteiger partial charge in [-0.2, -0.15) is 0 Å². The number of nitrogens with one attached hydrogen (secondary N) is 1. The smallest absolute Gasteiger partial charge is 0.348 e. The summed E-state index contributed by atoms with van der Waals surface area (Å²) in [5, 5.41) is 0. The van der Waals surface area contributed by atoms with E-state index in [1.54, 1.807) is 6.07 Å². The summed E-state index contributed by atoms with van der Waals surface area (Å²) < 4.78 is 5.94. The predicted octanol–water partition coefficient (Wildman–Crippen LogP) is 1.02. The summed E-state index contributed by atoms with van der Waals surface area (Å²) in [4.78, 5) is 50.9. The van der Waals surface area contributed by atoms with Crippen molar-refractivity contribution in [2.24, 2.45) is 7.05 Å². The Bertz CT molecular complexity index is 938. The number of hydrogen-bond donors (Lipinski definition) is 2. The number of aromatic nitrogens is 2. The van der Waals surface area contributed by atoms with Crippen molar-refractivity contribution in [1.29, 1.82) is 0 Å². The summed E-state index contributed by atoms with van der Waals surface area (Å²) >= 11 is 1.30. The third-order valence-electron chi connectivity index (χ3n) is 3.72. The molecule has 8 nitrogen and oxygen atoms in total. The lowest BCUT2D eigenvalue weighted by Crippen LogP contribution is -2.35. The van der Waals surface area contributed by atoms with E-state index >= 15 is 0 Å². The predicted molar refractivity (Wildman–Crippen MR) is 94.4 cm³/mol. The zero-order valence-corrected chi connectivity index (χ0v) is 15.0. The molecule has 0 saturated heterocycles. The molecule has 2 heterocycles. The van der Waals surface area contributed by atoms with Gasteiger partial charge in [-0.25, -0.2) is 9.59 Å². The van der Waals surface area contributed by atoms with Crippen LogP contribution in [0.25, 0.3) is 0 Å². The van der Waals surface area contributed by atoms with E-state index in [0.717, 1.165) is 27.8 Å². The fraction of sp³-hybridized carbons (Fsp3) is 0.375. The summed E-state index contributed by atoms with van der Waals surface area (Å²) in [6, 6.07) is 1.75. The molecule has 2 aromatic rings. The first-order valence-corrected chi connectivity index (χ1v) is 8.46. The lowest BCUT2D eigenvalue weighted by atomic mass is 10.1. The molecule has 0 amide bonds. The third-order valence-corrected chi connectivity index (χ3v) is 4.80. The number of nitrogen functional groups attached to an aromatic ring is 1. The molecule has 0 aliphatic carbocycles. The van der Waals surface area contributed by atoms with Crippen molar-refractivity contribution in [3.63, 3.8) is 0 Å². The van der Waals surface area contributed by atoms with Gasteiger partial charge in [-0.3, -0.25) is 19.1 Å². The molecule has 0 aliphatic heterocycles. The summed E-state index contributed by atoms with van der Waals surface area (Å²) in [5.74, 6) is -1.68. The topological polar surface area (TPSA) is 124 Å². The number of nitrogens with two attached hydrogens (primary N) is 1.